The van der Waals surface area contributed by atoms with E-state index in [2.05, 4.69) is 32.2 Å². The predicted molar refractivity (Wildman–Crippen MR) is 86.2 cm³/mol. The van der Waals surface area contributed by atoms with Gasteiger partial charge in [0, 0.05) is 23.0 Å². The molecule has 2 rings (SSSR count). The second-order valence-electron chi connectivity index (χ2n) is 5.51. The summed E-state index contributed by atoms with van der Waals surface area (Å²) in [5.74, 6) is 0.412. The van der Waals surface area contributed by atoms with Gasteiger partial charge in [0.05, 0.1) is 0 Å². The molecule has 2 N–H and O–H groups in total. The van der Waals surface area contributed by atoms with Crippen LogP contribution in [0.25, 0.3) is 10.8 Å². The van der Waals surface area contributed by atoms with Crippen LogP contribution in [0.3, 0.4) is 0 Å². The zero-order chi connectivity index (χ0) is 14.5. The number of rotatable bonds is 6. The van der Waals surface area contributed by atoms with Gasteiger partial charge in [-0.15, -0.1) is 0 Å². The molecular formula is C18H25NO. The van der Waals surface area contributed by atoms with Gasteiger partial charge in [-0.05, 0) is 25.2 Å². The Balaban J connectivity index is 2.25. The van der Waals surface area contributed by atoms with E-state index < -0.39 is 0 Å². The number of hydrogen-bond acceptors (Lipinski definition) is 2. The minimum atomic E-state index is 0.163. The summed E-state index contributed by atoms with van der Waals surface area (Å²) in [5, 5.41) is 16.1. The monoisotopic (exact) mass is 271 g/mol. The molecule has 108 valence electrons. The first-order valence-corrected chi connectivity index (χ1v) is 7.64. The summed E-state index contributed by atoms with van der Waals surface area (Å²) in [6.45, 7) is 6.55. The number of nitrogens with one attached hydrogen (secondary N) is 1. The number of benzene rings is 2. The molecule has 0 bridgehead atoms. The molecule has 0 spiro atoms. The number of hydrogen-bond donors (Lipinski definition) is 2. The van der Waals surface area contributed by atoms with Gasteiger partial charge in [0.15, 0.2) is 0 Å². The molecule has 0 heterocycles. The molecule has 20 heavy (non-hydrogen) atoms. The molecular weight excluding hydrogens is 246 g/mol. The Labute approximate surface area is 121 Å². The van der Waals surface area contributed by atoms with Crippen LogP contribution in [0, 0.1) is 0 Å². The number of phenolic OH excluding ortho intramolecular Hbond substituents is 1. The summed E-state index contributed by atoms with van der Waals surface area (Å²) in [6.07, 6.45) is 3.48. The molecule has 0 aromatic heterocycles. The Morgan fingerprint density at radius 1 is 1.10 bits per heavy atom. The highest BCUT2D eigenvalue weighted by Gasteiger charge is 2.15. The summed E-state index contributed by atoms with van der Waals surface area (Å²) >= 11 is 0. The third-order valence-corrected chi connectivity index (χ3v) is 4.01. The summed E-state index contributed by atoms with van der Waals surface area (Å²) in [4.78, 5) is 0. The highest BCUT2D eigenvalue weighted by Crippen LogP contribution is 2.32. The average Bonchev–Trinajstić information content (AvgIpc) is 2.47. The summed E-state index contributed by atoms with van der Waals surface area (Å²) in [7, 11) is 0. The van der Waals surface area contributed by atoms with Gasteiger partial charge in [0.2, 0.25) is 0 Å². The normalized spacial score (nSPS) is 14.3. The number of aromatic hydroxyl groups is 1. The molecule has 0 aliphatic carbocycles. The SMILES string of the molecule is CCCC(CC)NC(C)c1ccc2ccccc2c1O. The molecule has 0 saturated heterocycles. The smallest absolute Gasteiger partial charge is 0.128 e. The van der Waals surface area contributed by atoms with Gasteiger partial charge in [0.25, 0.3) is 0 Å². The first-order valence-electron chi connectivity index (χ1n) is 7.64. The maximum absolute atomic E-state index is 10.5. The Morgan fingerprint density at radius 2 is 1.85 bits per heavy atom. The van der Waals surface area contributed by atoms with Gasteiger partial charge in [-0.25, -0.2) is 0 Å². The van der Waals surface area contributed by atoms with E-state index in [1.54, 1.807) is 0 Å². The van der Waals surface area contributed by atoms with Gasteiger partial charge >= 0.3 is 0 Å². The fraction of sp³-hybridized carbons (Fsp3) is 0.444. The fourth-order valence-corrected chi connectivity index (χ4v) is 2.82. The largest absolute Gasteiger partial charge is 0.507 e. The van der Waals surface area contributed by atoms with Crippen LogP contribution in [0.4, 0.5) is 0 Å². The van der Waals surface area contributed by atoms with Gasteiger partial charge in [-0.1, -0.05) is 56.7 Å². The quantitative estimate of drug-likeness (QED) is 0.793. The lowest BCUT2D eigenvalue weighted by Crippen LogP contribution is -2.30. The predicted octanol–water partition coefficient (Wildman–Crippen LogP) is 4.77. The van der Waals surface area contributed by atoms with E-state index >= 15 is 0 Å². The van der Waals surface area contributed by atoms with Crippen molar-refractivity contribution < 1.29 is 5.11 Å². The van der Waals surface area contributed by atoms with Crippen molar-refractivity contribution in [1.82, 2.24) is 5.32 Å². The van der Waals surface area contributed by atoms with Crippen LogP contribution in [-0.2, 0) is 0 Å². The van der Waals surface area contributed by atoms with Gasteiger partial charge in [0.1, 0.15) is 5.75 Å². The van der Waals surface area contributed by atoms with Crippen LogP contribution in [-0.4, -0.2) is 11.1 Å². The molecule has 2 nitrogen and oxygen atoms in total. The molecule has 0 aliphatic rings. The lowest BCUT2D eigenvalue weighted by atomic mass is 9.99. The van der Waals surface area contributed by atoms with Crippen molar-refractivity contribution in [1.29, 1.82) is 0 Å². The lowest BCUT2D eigenvalue weighted by Gasteiger charge is -2.23. The first kappa shape index (κ1) is 14.9. The van der Waals surface area contributed by atoms with E-state index in [0.717, 1.165) is 22.8 Å². The Morgan fingerprint density at radius 3 is 2.55 bits per heavy atom. The highest BCUT2D eigenvalue weighted by atomic mass is 16.3. The third-order valence-electron chi connectivity index (χ3n) is 4.01. The lowest BCUT2D eigenvalue weighted by molar-refractivity contribution is 0.402. The minimum Gasteiger partial charge on any atom is -0.507 e. The number of fused-ring (bicyclic) bond motifs is 1. The molecule has 2 unspecified atom stereocenters. The van der Waals surface area contributed by atoms with Gasteiger partial charge < -0.3 is 10.4 Å². The number of phenols is 1. The van der Waals surface area contributed by atoms with Crippen molar-refractivity contribution in [2.24, 2.45) is 0 Å². The summed E-state index contributed by atoms with van der Waals surface area (Å²) in [5.41, 5.74) is 0.984. The summed E-state index contributed by atoms with van der Waals surface area (Å²) in [6, 6.07) is 12.8. The van der Waals surface area contributed by atoms with Gasteiger partial charge in [-0.2, -0.15) is 0 Å². The van der Waals surface area contributed by atoms with Crippen LogP contribution in [0.5, 0.6) is 5.75 Å². The first-order chi connectivity index (χ1) is 9.67. The zero-order valence-corrected chi connectivity index (χ0v) is 12.7. The zero-order valence-electron chi connectivity index (χ0n) is 12.7. The standard InChI is InChI=1S/C18H25NO/c1-4-8-15(5-2)19-13(3)16-12-11-14-9-6-7-10-17(14)18(16)20/h6-7,9-13,15,19-20H,4-5,8H2,1-3H3. The molecule has 2 aromatic carbocycles. The van der Waals surface area contributed by atoms with Crippen molar-refractivity contribution in [2.45, 2.75) is 52.1 Å². The van der Waals surface area contributed by atoms with E-state index in [1.165, 1.54) is 12.8 Å². The second-order valence-corrected chi connectivity index (χ2v) is 5.51. The Bertz CT molecular complexity index is 564. The second kappa shape index (κ2) is 6.76. The van der Waals surface area contributed by atoms with Gasteiger partial charge in [-0.3, -0.25) is 0 Å². The Hall–Kier alpha value is -1.54. The minimum absolute atomic E-state index is 0.163. The van der Waals surface area contributed by atoms with E-state index in [-0.39, 0.29) is 6.04 Å². The maximum atomic E-state index is 10.5. The fourth-order valence-electron chi connectivity index (χ4n) is 2.82. The molecule has 0 aliphatic heterocycles. The molecule has 0 radical (unpaired) electrons. The molecule has 0 saturated carbocycles. The third kappa shape index (κ3) is 3.13. The van der Waals surface area contributed by atoms with Crippen molar-refractivity contribution >= 4 is 10.8 Å². The molecule has 0 fully saturated rings. The van der Waals surface area contributed by atoms with Crippen LogP contribution < -0.4 is 5.32 Å². The van der Waals surface area contributed by atoms with E-state index in [4.69, 9.17) is 0 Å². The van der Waals surface area contributed by atoms with Crippen LogP contribution in [0.15, 0.2) is 36.4 Å². The molecule has 2 heteroatoms. The van der Waals surface area contributed by atoms with E-state index in [9.17, 15) is 5.11 Å². The summed E-state index contributed by atoms with van der Waals surface area (Å²) < 4.78 is 0. The Kier molecular flexibility index (Phi) is 5.02. The van der Waals surface area contributed by atoms with Crippen molar-refractivity contribution in [3.05, 3.63) is 42.0 Å². The van der Waals surface area contributed by atoms with Crippen LogP contribution >= 0.6 is 0 Å². The van der Waals surface area contributed by atoms with Crippen LogP contribution in [0.1, 0.15) is 51.6 Å². The van der Waals surface area contributed by atoms with Crippen LogP contribution in [0.2, 0.25) is 0 Å². The van der Waals surface area contributed by atoms with Crippen molar-refractivity contribution in [3.63, 3.8) is 0 Å². The average molecular weight is 271 g/mol. The molecule has 2 atom stereocenters. The van der Waals surface area contributed by atoms with E-state index in [0.29, 0.717) is 11.8 Å². The van der Waals surface area contributed by atoms with E-state index in [1.807, 2.05) is 30.3 Å². The molecule has 0 amide bonds. The topological polar surface area (TPSA) is 32.3 Å². The molecule has 2 aromatic rings. The maximum Gasteiger partial charge on any atom is 0.128 e. The van der Waals surface area contributed by atoms with Crippen molar-refractivity contribution in [3.8, 4) is 5.75 Å². The van der Waals surface area contributed by atoms with Crippen molar-refractivity contribution in [2.75, 3.05) is 0 Å². The highest BCUT2D eigenvalue weighted by molar-refractivity contribution is 5.89.